The van der Waals surface area contributed by atoms with Crippen molar-refractivity contribution in [3.63, 3.8) is 0 Å². The van der Waals surface area contributed by atoms with Crippen molar-refractivity contribution in [2.24, 2.45) is 0 Å². The summed E-state index contributed by atoms with van der Waals surface area (Å²) in [7, 11) is 2.50. The second-order valence-corrected chi connectivity index (χ2v) is 20.8. The van der Waals surface area contributed by atoms with Gasteiger partial charge in [0, 0.05) is 0 Å². The molecule has 0 aliphatic heterocycles. The molecule has 0 saturated heterocycles. The first-order valence-corrected chi connectivity index (χ1v) is 16.4. The SMILES string of the molecule is CCCC[S][Ge]([CH2]CCC)([CH2]CCC)[CH2]CCC. The van der Waals surface area contributed by atoms with E-state index in [0.29, 0.717) is 0 Å². The number of unbranched alkanes of at least 4 members (excludes halogenated alkanes) is 4. The van der Waals surface area contributed by atoms with Crippen molar-refractivity contribution in [1.82, 2.24) is 0 Å². The van der Waals surface area contributed by atoms with E-state index in [9.17, 15) is 0 Å². The van der Waals surface area contributed by atoms with E-state index in [0.717, 1.165) is 0 Å². The van der Waals surface area contributed by atoms with Crippen LogP contribution in [-0.2, 0) is 0 Å². The molecule has 0 atom stereocenters. The van der Waals surface area contributed by atoms with Gasteiger partial charge >= 0.3 is 123 Å². The molecule has 0 amide bonds. The Bertz CT molecular complexity index is 149. The van der Waals surface area contributed by atoms with Crippen LogP contribution in [0.2, 0.25) is 15.8 Å². The van der Waals surface area contributed by atoms with Gasteiger partial charge in [-0.2, -0.15) is 0 Å². The molecular formula is C16H36GeS. The van der Waals surface area contributed by atoms with E-state index in [1.54, 1.807) is 15.8 Å². The third kappa shape index (κ3) is 8.90. The van der Waals surface area contributed by atoms with Gasteiger partial charge in [-0.3, -0.25) is 0 Å². The first kappa shape index (κ1) is 18.9. The molecule has 0 aliphatic rings. The Morgan fingerprint density at radius 2 is 1.00 bits per heavy atom. The van der Waals surface area contributed by atoms with Crippen LogP contribution >= 0.6 is 10.1 Å². The average molecular weight is 333 g/mol. The minimum atomic E-state index is -1.54. The monoisotopic (exact) mass is 334 g/mol. The van der Waals surface area contributed by atoms with Gasteiger partial charge in [0.15, 0.2) is 0 Å². The Hall–Kier alpha value is 0.893. The molecule has 0 aliphatic carbocycles. The van der Waals surface area contributed by atoms with Gasteiger partial charge in [0.2, 0.25) is 0 Å². The summed E-state index contributed by atoms with van der Waals surface area (Å²) in [6.07, 6.45) is 11.5. The van der Waals surface area contributed by atoms with Crippen LogP contribution < -0.4 is 0 Å². The maximum atomic E-state index is 2.50. The molecule has 0 rings (SSSR count). The van der Waals surface area contributed by atoms with Crippen molar-refractivity contribution in [3.8, 4) is 0 Å². The predicted octanol–water partition coefficient (Wildman–Crippen LogP) is 6.87. The van der Waals surface area contributed by atoms with Gasteiger partial charge in [-0.1, -0.05) is 0 Å². The average Bonchev–Trinajstić information content (AvgIpc) is 2.40. The van der Waals surface area contributed by atoms with E-state index in [4.69, 9.17) is 0 Å². The Morgan fingerprint density at radius 1 is 0.611 bits per heavy atom. The van der Waals surface area contributed by atoms with E-state index in [-0.39, 0.29) is 0 Å². The molecule has 0 saturated carbocycles. The molecule has 0 aromatic carbocycles. The van der Waals surface area contributed by atoms with Crippen LogP contribution in [0, 0.1) is 0 Å². The summed E-state index contributed by atoms with van der Waals surface area (Å²) in [5.41, 5.74) is 0. The summed E-state index contributed by atoms with van der Waals surface area (Å²) in [6.45, 7) is 9.43. The molecule has 0 N–H and O–H groups in total. The second-order valence-electron chi connectivity index (χ2n) is 5.70. The van der Waals surface area contributed by atoms with Crippen molar-refractivity contribution < 1.29 is 0 Å². The van der Waals surface area contributed by atoms with Crippen LogP contribution in [0.3, 0.4) is 0 Å². The molecule has 2 heteroatoms. The quantitative estimate of drug-likeness (QED) is 0.262. The number of hydrogen-bond acceptors (Lipinski definition) is 1. The van der Waals surface area contributed by atoms with Crippen LogP contribution in [0.25, 0.3) is 0 Å². The summed E-state index contributed by atoms with van der Waals surface area (Å²) in [4.78, 5) is 0. The molecule has 18 heavy (non-hydrogen) atoms. The Labute approximate surface area is 122 Å². The molecule has 0 nitrogen and oxygen atoms in total. The summed E-state index contributed by atoms with van der Waals surface area (Å²) in [6, 6.07) is 0. The van der Waals surface area contributed by atoms with E-state index in [2.05, 4.69) is 37.8 Å². The molecule has 0 unspecified atom stereocenters. The van der Waals surface area contributed by atoms with Gasteiger partial charge in [0.05, 0.1) is 0 Å². The molecule has 0 heterocycles. The Morgan fingerprint density at radius 3 is 1.33 bits per heavy atom. The predicted molar refractivity (Wildman–Crippen MR) is 92.3 cm³/mol. The molecular weight excluding hydrogens is 297 g/mol. The third-order valence-electron chi connectivity index (χ3n) is 3.86. The van der Waals surface area contributed by atoms with Crippen molar-refractivity contribution in [1.29, 1.82) is 0 Å². The fourth-order valence-corrected chi connectivity index (χ4v) is 20.3. The zero-order valence-electron chi connectivity index (χ0n) is 13.4. The van der Waals surface area contributed by atoms with Crippen molar-refractivity contribution in [2.75, 3.05) is 5.75 Å². The molecule has 110 valence electrons. The van der Waals surface area contributed by atoms with Crippen LogP contribution in [0.5, 0.6) is 0 Å². The van der Waals surface area contributed by atoms with Gasteiger partial charge < -0.3 is 0 Å². The normalized spacial score (nSPS) is 12.0. The van der Waals surface area contributed by atoms with Gasteiger partial charge in [0.1, 0.15) is 0 Å². The molecule has 0 aromatic rings. The van der Waals surface area contributed by atoms with Crippen molar-refractivity contribution >= 4 is 22.2 Å². The van der Waals surface area contributed by atoms with Gasteiger partial charge in [-0.25, -0.2) is 0 Å². The third-order valence-corrected chi connectivity index (χ3v) is 21.3. The zero-order valence-corrected chi connectivity index (χ0v) is 16.3. The summed E-state index contributed by atoms with van der Waals surface area (Å²) in [5.74, 6) is 1.47. The van der Waals surface area contributed by atoms with E-state index >= 15 is 0 Å². The summed E-state index contributed by atoms with van der Waals surface area (Å²) in [5, 5.41) is 4.93. The van der Waals surface area contributed by atoms with Gasteiger partial charge in [-0.15, -0.1) is 0 Å². The molecule has 0 spiro atoms. The fourth-order valence-electron chi connectivity index (χ4n) is 2.52. The minimum absolute atomic E-state index is 1.38. The summed E-state index contributed by atoms with van der Waals surface area (Å²) >= 11 is -1.54. The van der Waals surface area contributed by atoms with E-state index in [1.165, 1.54) is 57.1 Å². The van der Waals surface area contributed by atoms with Crippen LogP contribution in [0.4, 0.5) is 0 Å². The summed E-state index contributed by atoms with van der Waals surface area (Å²) < 4.78 is 0. The molecule has 0 fully saturated rings. The topological polar surface area (TPSA) is 0 Å². The second kappa shape index (κ2) is 12.9. The Balaban J connectivity index is 4.41. The fraction of sp³-hybridized carbons (Fsp3) is 1.00. The van der Waals surface area contributed by atoms with E-state index in [1.807, 2.05) is 0 Å². The van der Waals surface area contributed by atoms with Crippen LogP contribution in [0.15, 0.2) is 0 Å². The van der Waals surface area contributed by atoms with Gasteiger partial charge in [-0.05, 0) is 0 Å². The van der Waals surface area contributed by atoms with Crippen LogP contribution in [-0.4, -0.2) is 17.9 Å². The number of hydrogen-bond donors (Lipinski definition) is 0. The van der Waals surface area contributed by atoms with Crippen molar-refractivity contribution in [2.45, 2.75) is 94.8 Å². The molecule has 0 radical (unpaired) electrons. The molecule has 0 aromatic heterocycles. The van der Waals surface area contributed by atoms with Crippen molar-refractivity contribution in [3.05, 3.63) is 0 Å². The standard InChI is InChI=1S/C16H36GeS/c1-5-9-13-17(14-10-6-2,15-11-7-3)18-16-12-8-4/h5-16H2,1-4H3. The van der Waals surface area contributed by atoms with Crippen LogP contribution in [0.1, 0.15) is 79.1 Å². The first-order chi connectivity index (χ1) is 8.74. The number of rotatable bonds is 13. The molecule has 0 bridgehead atoms. The maximum absolute atomic E-state index is 2.50. The first-order valence-electron chi connectivity index (χ1n) is 8.38. The zero-order chi connectivity index (χ0) is 13.7. The van der Waals surface area contributed by atoms with E-state index < -0.39 is 12.1 Å². The Kier molecular flexibility index (Phi) is 13.5. The van der Waals surface area contributed by atoms with Gasteiger partial charge in [0.25, 0.3) is 0 Å².